The van der Waals surface area contributed by atoms with Crippen LogP contribution in [0, 0.1) is 10.1 Å². The van der Waals surface area contributed by atoms with Crippen molar-refractivity contribution in [1.82, 2.24) is 9.80 Å². The van der Waals surface area contributed by atoms with Crippen molar-refractivity contribution in [2.45, 2.75) is 6.42 Å². The minimum Gasteiger partial charge on any atom is -0.496 e. The van der Waals surface area contributed by atoms with Crippen LogP contribution in [0.25, 0.3) is 0 Å². The van der Waals surface area contributed by atoms with Crippen LogP contribution in [-0.4, -0.2) is 60.5 Å². The largest absolute Gasteiger partial charge is 0.496 e. The zero-order chi connectivity index (χ0) is 19.2. The lowest BCUT2D eigenvalue weighted by molar-refractivity contribution is -0.384. The second kappa shape index (κ2) is 8.64. The van der Waals surface area contributed by atoms with Gasteiger partial charge in [-0.3, -0.25) is 19.8 Å². The lowest BCUT2D eigenvalue weighted by Crippen LogP contribution is -2.49. The molecule has 0 radical (unpaired) electrons. The first-order chi connectivity index (χ1) is 13.1. The quantitative estimate of drug-likeness (QED) is 0.578. The molecule has 1 aliphatic heterocycles. The molecular formula is C20H23N3O4. The van der Waals surface area contributed by atoms with E-state index in [0.717, 1.165) is 26.1 Å². The SMILES string of the molecule is COc1ccc([N+](=O)[O-])cc1C(=O)N1CCN(CCc2ccccc2)CC1. The fraction of sp³-hybridized carbons (Fsp3) is 0.350. The Morgan fingerprint density at radius 1 is 1.11 bits per heavy atom. The van der Waals surface area contributed by atoms with Gasteiger partial charge in [0.05, 0.1) is 17.6 Å². The molecule has 1 heterocycles. The number of rotatable bonds is 6. The van der Waals surface area contributed by atoms with Crippen LogP contribution in [0.3, 0.4) is 0 Å². The second-order valence-corrected chi connectivity index (χ2v) is 6.51. The van der Waals surface area contributed by atoms with Crippen molar-refractivity contribution in [3.8, 4) is 5.75 Å². The highest BCUT2D eigenvalue weighted by Crippen LogP contribution is 2.25. The van der Waals surface area contributed by atoms with Crippen LogP contribution in [0.5, 0.6) is 5.75 Å². The summed E-state index contributed by atoms with van der Waals surface area (Å²) in [6.45, 7) is 3.72. The van der Waals surface area contributed by atoms with Gasteiger partial charge < -0.3 is 9.64 Å². The maximum absolute atomic E-state index is 12.8. The standard InChI is InChI=1S/C20H23N3O4/c1-27-19-8-7-17(23(25)26)15-18(19)20(24)22-13-11-21(12-14-22)10-9-16-5-3-2-4-6-16/h2-8,15H,9-14H2,1H3. The number of nitro groups is 1. The molecule has 1 amide bonds. The van der Waals surface area contributed by atoms with E-state index in [1.807, 2.05) is 18.2 Å². The van der Waals surface area contributed by atoms with Crippen LogP contribution >= 0.6 is 0 Å². The molecule has 0 spiro atoms. The Morgan fingerprint density at radius 2 is 1.81 bits per heavy atom. The summed E-state index contributed by atoms with van der Waals surface area (Å²) < 4.78 is 5.22. The fourth-order valence-corrected chi connectivity index (χ4v) is 3.25. The molecule has 2 aromatic carbocycles. The Morgan fingerprint density at radius 3 is 2.44 bits per heavy atom. The molecule has 7 heteroatoms. The van der Waals surface area contributed by atoms with Crippen LogP contribution < -0.4 is 4.74 Å². The Balaban J connectivity index is 1.60. The summed E-state index contributed by atoms with van der Waals surface area (Å²) >= 11 is 0. The molecule has 1 aliphatic rings. The molecule has 0 bridgehead atoms. The van der Waals surface area contributed by atoms with Gasteiger partial charge in [-0.15, -0.1) is 0 Å². The van der Waals surface area contributed by atoms with Crippen LogP contribution in [0.1, 0.15) is 15.9 Å². The number of carbonyl (C=O) groups is 1. The van der Waals surface area contributed by atoms with Crippen LogP contribution in [0.4, 0.5) is 5.69 Å². The van der Waals surface area contributed by atoms with E-state index in [1.54, 1.807) is 4.90 Å². The van der Waals surface area contributed by atoms with E-state index >= 15 is 0 Å². The highest BCUT2D eigenvalue weighted by Gasteiger charge is 2.25. The predicted octanol–water partition coefficient (Wildman–Crippen LogP) is 2.60. The number of hydrogen-bond acceptors (Lipinski definition) is 5. The lowest BCUT2D eigenvalue weighted by Gasteiger charge is -2.35. The van der Waals surface area contributed by atoms with E-state index < -0.39 is 4.92 Å². The molecule has 0 saturated carbocycles. The van der Waals surface area contributed by atoms with Crippen LogP contribution in [0.15, 0.2) is 48.5 Å². The third-order valence-corrected chi connectivity index (χ3v) is 4.84. The van der Waals surface area contributed by atoms with Crippen molar-refractivity contribution in [2.24, 2.45) is 0 Å². The summed E-state index contributed by atoms with van der Waals surface area (Å²) in [5.74, 6) is 0.135. The summed E-state index contributed by atoms with van der Waals surface area (Å²) in [5.41, 5.74) is 1.43. The number of ether oxygens (including phenoxy) is 1. The first kappa shape index (κ1) is 18.8. The molecule has 2 aromatic rings. The van der Waals surface area contributed by atoms with Gasteiger partial charge in [0, 0.05) is 44.9 Å². The molecule has 1 fully saturated rings. The van der Waals surface area contributed by atoms with Gasteiger partial charge in [-0.05, 0) is 18.1 Å². The lowest BCUT2D eigenvalue weighted by atomic mass is 10.1. The maximum Gasteiger partial charge on any atom is 0.270 e. The zero-order valence-corrected chi connectivity index (χ0v) is 15.3. The van der Waals surface area contributed by atoms with Crippen molar-refractivity contribution in [3.63, 3.8) is 0 Å². The summed E-state index contributed by atoms with van der Waals surface area (Å²) in [6.07, 6.45) is 0.980. The zero-order valence-electron chi connectivity index (χ0n) is 15.3. The fourth-order valence-electron chi connectivity index (χ4n) is 3.25. The highest BCUT2D eigenvalue weighted by atomic mass is 16.6. The topological polar surface area (TPSA) is 75.9 Å². The summed E-state index contributed by atoms with van der Waals surface area (Å²) in [7, 11) is 1.46. The molecule has 0 atom stereocenters. The van der Waals surface area contributed by atoms with E-state index in [2.05, 4.69) is 17.0 Å². The first-order valence-electron chi connectivity index (χ1n) is 8.96. The van der Waals surface area contributed by atoms with Crippen LogP contribution in [-0.2, 0) is 6.42 Å². The number of amides is 1. The van der Waals surface area contributed by atoms with Gasteiger partial charge in [-0.2, -0.15) is 0 Å². The molecule has 0 N–H and O–H groups in total. The van der Waals surface area contributed by atoms with Gasteiger partial charge in [0.15, 0.2) is 0 Å². The summed E-state index contributed by atoms with van der Waals surface area (Å²) in [5, 5.41) is 11.0. The third kappa shape index (κ3) is 4.62. The Labute approximate surface area is 158 Å². The second-order valence-electron chi connectivity index (χ2n) is 6.51. The first-order valence-corrected chi connectivity index (χ1v) is 8.96. The average Bonchev–Trinajstić information content (AvgIpc) is 2.72. The molecule has 0 aliphatic carbocycles. The summed E-state index contributed by atoms with van der Waals surface area (Å²) in [4.78, 5) is 27.4. The van der Waals surface area contributed by atoms with E-state index in [9.17, 15) is 14.9 Å². The smallest absolute Gasteiger partial charge is 0.270 e. The number of nitro benzene ring substituents is 1. The molecule has 0 unspecified atom stereocenters. The van der Waals surface area contributed by atoms with Crippen molar-refractivity contribution in [3.05, 3.63) is 69.8 Å². The number of carbonyl (C=O) groups excluding carboxylic acids is 1. The Bertz CT molecular complexity index is 802. The number of nitrogens with zero attached hydrogens (tertiary/aromatic N) is 3. The average molecular weight is 369 g/mol. The van der Waals surface area contributed by atoms with Crippen molar-refractivity contribution < 1.29 is 14.5 Å². The number of piperazine rings is 1. The van der Waals surface area contributed by atoms with E-state index in [0.29, 0.717) is 18.8 Å². The molecule has 7 nitrogen and oxygen atoms in total. The minimum atomic E-state index is -0.502. The van der Waals surface area contributed by atoms with Gasteiger partial charge in [-0.25, -0.2) is 0 Å². The Hall–Kier alpha value is -2.93. The van der Waals surface area contributed by atoms with Crippen molar-refractivity contribution >= 4 is 11.6 Å². The minimum absolute atomic E-state index is 0.111. The van der Waals surface area contributed by atoms with E-state index in [-0.39, 0.29) is 17.2 Å². The van der Waals surface area contributed by atoms with E-state index in [1.165, 1.54) is 30.9 Å². The Kier molecular flexibility index (Phi) is 6.03. The normalized spacial score (nSPS) is 14.8. The molecule has 3 rings (SSSR count). The summed E-state index contributed by atoms with van der Waals surface area (Å²) in [6, 6.07) is 14.4. The van der Waals surface area contributed by atoms with Gasteiger partial charge >= 0.3 is 0 Å². The number of methoxy groups -OCH3 is 1. The third-order valence-electron chi connectivity index (χ3n) is 4.84. The number of non-ortho nitro benzene ring substituents is 1. The van der Waals surface area contributed by atoms with Crippen molar-refractivity contribution in [2.75, 3.05) is 39.8 Å². The molecule has 1 saturated heterocycles. The van der Waals surface area contributed by atoms with Gasteiger partial charge in [0.1, 0.15) is 5.75 Å². The van der Waals surface area contributed by atoms with Gasteiger partial charge in [-0.1, -0.05) is 30.3 Å². The van der Waals surface area contributed by atoms with Gasteiger partial charge in [0.2, 0.25) is 0 Å². The van der Waals surface area contributed by atoms with Crippen molar-refractivity contribution in [1.29, 1.82) is 0 Å². The van der Waals surface area contributed by atoms with Crippen LogP contribution in [0.2, 0.25) is 0 Å². The molecule has 142 valence electrons. The number of benzene rings is 2. The number of hydrogen-bond donors (Lipinski definition) is 0. The highest BCUT2D eigenvalue weighted by molar-refractivity contribution is 5.97. The monoisotopic (exact) mass is 369 g/mol. The van der Waals surface area contributed by atoms with E-state index in [4.69, 9.17) is 4.74 Å². The molecule has 27 heavy (non-hydrogen) atoms. The van der Waals surface area contributed by atoms with Gasteiger partial charge in [0.25, 0.3) is 11.6 Å². The maximum atomic E-state index is 12.8. The molecule has 0 aromatic heterocycles. The molecular weight excluding hydrogens is 346 g/mol. The predicted molar refractivity (Wildman–Crippen MR) is 102 cm³/mol.